The molecule has 2 aromatic heterocycles. The van der Waals surface area contributed by atoms with Crippen molar-refractivity contribution in [1.82, 2.24) is 25.1 Å². The second kappa shape index (κ2) is 8.43. The van der Waals surface area contributed by atoms with E-state index in [0.717, 1.165) is 31.9 Å². The van der Waals surface area contributed by atoms with Gasteiger partial charge in [0.15, 0.2) is 11.6 Å². The molecule has 0 radical (unpaired) electrons. The molecule has 1 fully saturated rings. The Kier molecular flexibility index (Phi) is 5.44. The standard InChI is InChI=1S/C22H24N8O2S/c1-29-9-11-30(12-10-29)17-7-5-16(6-8-17)25-22-20-19(14-24-28-20)26-21(27-22)15-3-2-4-18(13-15)33(23,31)32/h2-8,13-14H,9-12H2,1H3,(H,24,28)(H2,23,31,32)(H,25,26,27). The maximum Gasteiger partial charge on any atom is 0.238 e. The lowest BCUT2D eigenvalue weighted by Crippen LogP contribution is -2.44. The molecule has 5 rings (SSSR count). The van der Waals surface area contributed by atoms with E-state index in [1.54, 1.807) is 18.3 Å². The molecule has 0 bridgehead atoms. The van der Waals surface area contributed by atoms with E-state index in [1.807, 2.05) is 12.1 Å². The van der Waals surface area contributed by atoms with Gasteiger partial charge in [-0.15, -0.1) is 0 Å². The van der Waals surface area contributed by atoms with E-state index in [4.69, 9.17) is 5.14 Å². The monoisotopic (exact) mass is 464 g/mol. The Morgan fingerprint density at radius 3 is 2.52 bits per heavy atom. The predicted molar refractivity (Wildman–Crippen MR) is 128 cm³/mol. The number of hydrogen-bond donors (Lipinski definition) is 3. The molecule has 10 nitrogen and oxygen atoms in total. The zero-order chi connectivity index (χ0) is 23.0. The van der Waals surface area contributed by atoms with Gasteiger partial charge >= 0.3 is 0 Å². The lowest BCUT2D eigenvalue weighted by molar-refractivity contribution is 0.313. The molecule has 0 spiro atoms. The maximum absolute atomic E-state index is 11.8. The highest BCUT2D eigenvalue weighted by atomic mass is 32.2. The summed E-state index contributed by atoms with van der Waals surface area (Å²) in [6, 6.07) is 14.5. The molecule has 0 aliphatic carbocycles. The average Bonchev–Trinajstić information content (AvgIpc) is 3.29. The van der Waals surface area contributed by atoms with Crippen molar-refractivity contribution < 1.29 is 8.42 Å². The fraction of sp³-hybridized carbons (Fsp3) is 0.227. The molecular weight excluding hydrogens is 440 g/mol. The lowest BCUT2D eigenvalue weighted by Gasteiger charge is -2.34. The molecule has 1 aliphatic heterocycles. The van der Waals surface area contributed by atoms with E-state index < -0.39 is 10.0 Å². The highest BCUT2D eigenvalue weighted by Crippen LogP contribution is 2.28. The third-order valence-electron chi connectivity index (χ3n) is 5.72. The number of rotatable bonds is 5. The summed E-state index contributed by atoms with van der Waals surface area (Å²) >= 11 is 0. The van der Waals surface area contributed by atoms with Gasteiger partial charge in [-0.3, -0.25) is 5.10 Å². The van der Waals surface area contributed by atoms with Crippen molar-refractivity contribution >= 4 is 38.2 Å². The molecular formula is C22H24N8O2S. The minimum absolute atomic E-state index is 0.00453. The van der Waals surface area contributed by atoms with Crippen molar-refractivity contribution in [2.45, 2.75) is 4.90 Å². The normalized spacial score (nSPS) is 15.2. The van der Waals surface area contributed by atoms with Crippen LogP contribution in [0.3, 0.4) is 0 Å². The number of nitrogens with zero attached hydrogens (tertiary/aromatic N) is 5. The van der Waals surface area contributed by atoms with Gasteiger partial charge in [0.05, 0.1) is 11.1 Å². The van der Waals surface area contributed by atoms with Gasteiger partial charge in [-0.05, 0) is 43.4 Å². The molecule has 4 aromatic rings. The second-order valence-corrected chi connectivity index (χ2v) is 9.62. The van der Waals surface area contributed by atoms with Crippen LogP contribution in [0.1, 0.15) is 0 Å². The predicted octanol–water partition coefficient (Wildman–Crippen LogP) is 2.16. The van der Waals surface area contributed by atoms with Crippen LogP contribution in [0, 0.1) is 0 Å². The molecule has 3 heterocycles. The Morgan fingerprint density at radius 2 is 1.79 bits per heavy atom. The lowest BCUT2D eigenvalue weighted by atomic mass is 10.2. The number of H-pyrrole nitrogens is 1. The molecule has 0 atom stereocenters. The number of piperazine rings is 1. The Hall–Kier alpha value is -3.54. The number of fused-ring (bicyclic) bond motifs is 1. The molecule has 170 valence electrons. The fourth-order valence-electron chi connectivity index (χ4n) is 3.83. The van der Waals surface area contributed by atoms with Crippen molar-refractivity contribution in [2.24, 2.45) is 5.14 Å². The SMILES string of the molecule is CN1CCN(c2ccc(Nc3nc(-c4cccc(S(N)(=O)=O)c4)nc4cn[nH]c34)cc2)CC1. The summed E-state index contributed by atoms with van der Waals surface area (Å²) in [5.41, 5.74) is 3.86. The number of nitrogens with two attached hydrogens (primary N) is 1. The zero-order valence-corrected chi connectivity index (χ0v) is 18.9. The molecule has 1 saturated heterocycles. The van der Waals surface area contributed by atoms with Crippen molar-refractivity contribution in [2.75, 3.05) is 43.4 Å². The number of sulfonamides is 1. The Bertz CT molecular complexity index is 1390. The molecule has 11 heteroatoms. The van der Waals surface area contributed by atoms with E-state index in [1.165, 1.54) is 17.8 Å². The molecule has 1 aliphatic rings. The Balaban J connectivity index is 1.45. The van der Waals surface area contributed by atoms with Crippen LogP contribution in [0.5, 0.6) is 0 Å². The molecule has 4 N–H and O–H groups in total. The fourth-order valence-corrected chi connectivity index (χ4v) is 4.39. The van der Waals surface area contributed by atoms with Crippen molar-refractivity contribution in [3.05, 3.63) is 54.7 Å². The minimum Gasteiger partial charge on any atom is -0.369 e. The van der Waals surface area contributed by atoms with Crippen LogP contribution in [0.15, 0.2) is 59.6 Å². The summed E-state index contributed by atoms with van der Waals surface area (Å²) < 4.78 is 23.5. The maximum atomic E-state index is 11.8. The van der Waals surface area contributed by atoms with Crippen molar-refractivity contribution in [3.8, 4) is 11.4 Å². The molecule has 0 amide bonds. The number of aromatic amines is 1. The van der Waals surface area contributed by atoms with Crippen molar-refractivity contribution in [3.63, 3.8) is 0 Å². The number of likely N-dealkylation sites (N-methyl/N-ethyl adjacent to an activating group) is 1. The summed E-state index contributed by atoms with van der Waals surface area (Å²) in [6.45, 7) is 4.11. The van der Waals surface area contributed by atoms with Gasteiger partial charge in [0.1, 0.15) is 11.0 Å². The van der Waals surface area contributed by atoms with Gasteiger partial charge in [-0.2, -0.15) is 5.10 Å². The summed E-state index contributed by atoms with van der Waals surface area (Å²) in [7, 11) is -1.70. The molecule has 0 saturated carbocycles. The van der Waals surface area contributed by atoms with E-state index in [2.05, 4.69) is 54.5 Å². The van der Waals surface area contributed by atoms with Crippen LogP contribution in [0.25, 0.3) is 22.4 Å². The third-order valence-corrected chi connectivity index (χ3v) is 6.63. The van der Waals surface area contributed by atoms with E-state index in [0.29, 0.717) is 28.2 Å². The van der Waals surface area contributed by atoms with Crippen LogP contribution in [0.2, 0.25) is 0 Å². The van der Waals surface area contributed by atoms with E-state index in [9.17, 15) is 8.42 Å². The summed E-state index contributed by atoms with van der Waals surface area (Å²) in [4.78, 5) is 13.9. The number of benzene rings is 2. The second-order valence-electron chi connectivity index (χ2n) is 8.06. The first kappa shape index (κ1) is 21.3. The van der Waals surface area contributed by atoms with Gasteiger partial charge in [-0.25, -0.2) is 23.5 Å². The molecule has 0 unspecified atom stereocenters. The largest absolute Gasteiger partial charge is 0.369 e. The highest BCUT2D eigenvalue weighted by Gasteiger charge is 2.16. The van der Waals surface area contributed by atoms with Gasteiger partial charge in [-0.1, -0.05) is 12.1 Å². The van der Waals surface area contributed by atoms with E-state index in [-0.39, 0.29) is 4.90 Å². The first-order valence-electron chi connectivity index (χ1n) is 10.5. The number of nitrogens with one attached hydrogen (secondary N) is 2. The quantitative estimate of drug-likeness (QED) is 0.409. The van der Waals surface area contributed by atoms with Crippen molar-refractivity contribution in [1.29, 1.82) is 0 Å². The van der Waals surface area contributed by atoms with Gasteiger partial charge < -0.3 is 15.1 Å². The summed E-state index contributed by atoms with van der Waals surface area (Å²) in [6.07, 6.45) is 1.60. The molecule has 2 aromatic carbocycles. The number of aromatic nitrogens is 4. The van der Waals surface area contributed by atoms with Gasteiger partial charge in [0, 0.05) is 43.1 Å². The van der Waals surface area contributed by atoms with Crippen LogP contribution in [-0.2, 0) is 10.0 Å². The summed E-state index contributed by atoms with van der Waals surface area (Å²) in [5, 5.41) is 15.6. The first-order chi connectivity index (χ1) is 15.9. The topological polar surface area (TPSA) is 133 Å². The van der Waals surface area contributed by atoms with Crippen LogP contribution < -0.4 is 15.4 Å². The van der Waals surface area contributed by atoms with Crippen LogP contribution >= 0.6 is 0 Å². The number of anilines is 3. The minimum atomic E-state index is -3.84. The number of hydrogen-bond acceptors (Lipinski definition) is 8. The van der Waals surface area contributed by atoms with Crippen LogP contribution in [0.4, 0.5) is 17.2 Å². The smallest absolute Gasteiger partial charge is 0.238 e. The number of primary sulfonamides is 1. The van der Waals surface area contributed by atoms with Gasteiger partial charge in [0.2, 0.25) is 10.0 Å². The molecule has 33 heavy (non-hydrogen) atoms. The Labute approximate surface area is 191 Å². The Morgan fingerprint density at radius 1 is 1.03 bits per heavy atom. The zero-order valence-electron chi connectivity index (χ0n) is 18.1. The first-order valence-corrected chi connectivity index (χ1v) is 12.1. The van der Waals surface area contributed by atoms with E-state index >= 15 is 0 Å². The average molecular weight is 465 g/mol. The summed E-state index contributed by atoms with van der Waals surface area (Å²) in [5.74, 6) is 0.909. The third kappa shape index (κ3) is 4.51. The van der Waals surface area contributed by atoms with Crippen LogP contribution in [-0.4, -0.2) is 66.7 Å². The highest BCUT2D eigenvalue weighted by molar-refractivity contribution is 7.89. The van der Waals surface area contributed by atoms with Gasteiger partial charge in [0.25, 0.3) is 0 Å².